The molecule has 2 N–H and O–H groups in total. The summed E-state index contributed by atoms with van der Waals surface area (Å²) in [6, 6.07) is 3.45. The van der Waals surface area contributed by atoms with Gasteiger partial charge in [-0.15, -0.1) is 0 Å². The molecule has 0 saturated carbocycles. The first-order valence-electron chi connectivity index (χ1n) is 8.35. The highest BCUT2D eigenvalue weighted by molar-refractivity contribution is 6.29. The molecule has 1 aromatic rings. The van der Waals surface area contributed by atoms with Crippen LogP contribution in [0.2, 0.25) is 5.15 Å². The van der Waals surface area contributed by atoms with Crippen LogP contribution in [-0.4, -0.2) is 36.7 Å². The Kier molecular flexibility index (Phi) is 6.66. The van der Waals surface area contributed by atoms with Crippen molar-refractivity contribution in [3.63, 3.8) is 0 Å². The SMILES string of the molecule is CCC(CC)[C@H]1C[C@@H](NC(=O)c2cc(Cl)nc(NC)c2)CCO1. The minimum Gasteiger partial charge on any atom is -0.378 e. The summed E-state index contributed by atoms with van der Waals surface area (Å²) in [7, 11) is 1.75. The predicted molar refractivity (Wildman–Crippen MR) is 93.1 cm³/mol. The van der Waals surface area contributed by atoms with E-state index in [4.69, 9.17) is 16.3 Å². The lowest BCUT2D eigenvalue weighted by Crippen LogP contribution is -2.44. The van der Waals surface area contributed by atoms with Crippen LogP contribution in [0.15, 0.2) is 12.1 Å². The Balaban J connectivity index is 2.01. The summed E-state index contributed by atoms with van der Waals surface area (Å²) in [6.07, 6.45) is 4.16. The Bertz CT molecular complexity index is 535. The number of rotatable bonds is 6. The zero-order valence-corrected chi connectivity index (χ0v) is 14.8. The van der Waals surface area contributed by atoms with E-state index >= 15 is 0 Å². The molecule has 0 spiro atoms. The maximum absolute atomic E-state index is 12.5. The number of carbonyl (C=O) groups is 1. The average Bonchev–Trinajstić information content (AvgIpc) is 2.55. The number of anilines is 1. The molecule has 0 aliphatic carbocycles. The van der Waals surface area contributed by atoms with Crippen molar-refractivity contribution in [3.05, 3.63) is 22.8 Å². The van der Waals surface area contributed by atoms with Gasteiger partial charge in [-0.2, -0.15) is 0 Å². The van der Waals surface area contributed by atoms with Gasteiger partial charge in [0.05, 0.1) is 6.10 Å². The fourth-order valence-electron chi connectivity index (χ4n) is 3.13. The highest BCUT2D eigenvalue weighted by Crippen LogP contribution is 2.25. The fraction of sp³-hybridized carbons (Fsp3) is 0.647. The van der Waals surface area contributed by atoms with Gasteiger partial charge in [-0.05, 0) is 30.9 Å². The van der Waals surface area contributed by atoms with Crippen molar-refractivity contribution in [2.45, 2.75) is 51.7 Å². The Morgan fingerprint density at radius 1 is 1.43 bits per heavy atom. The lowest BCUT2D eigenvalue weighted by molar-refractivity contribution is -0.0337. The van der Waals surface area contributed by atoms with Crippen molar-refractivity contribution in [3.8, 4) is 0 Å². The summed E-state index contributed by atoms with van der Waals surface area (Å²) in [5.41, 5.74) is 0.528. The van der Waals surface area contributed by atoms with Crippen molar-refractivity contribution in [2.24, 2.45) is 5.92 Å². The monoisotopic (exact) mass is 339 g/mol. The van der Waals surface area contributed by atoms with E-state index in [1.807, 2.05) is 0 Å². The number of halogens is 1. The third-order valence-electron chi connectivity index (χ3n) is 4.54. The van der Waals surface area contributed by atoms with Crippen LogP contribution < -0.4 is 10.6 Å². The lowest BCUT2D eigenvalue weighted by atomic mass is 9.89. The molecule has 0 unspecified atom stereocenters. The Hall–Kier alpha value is -1.33. The minimum absolute atomic E-state index is 0.110. The summed E-state index contributed by atoms with van der Waals surface area (Å²) < 4.78 is 5.90. The molecule has 0 bridgehead atoms. The number of pyridine rings is 1. The normalized spacial score (nSPS) is 21.3. The summed E-state index contributed by atoms with van der Waals surface area (Å²) in [5.74, 6) is 1.03. The lowest BCUT2D eigenvalue weighted by Gasteiger charge is -2.34. The van der Waals surface area contributed by atoms with Crippen LogP contribution in [0.5, 0.6) is 0 Å². The molecule has 2 atom stereocenters. The van der Waals surface area contributed by atoms with Crippen molar-refractivity contribution in [2.75, 3.05) is 19.0 Å². The van der Waals surface area contributed by atoms with Crippen LogP contribution in [0.3, 0.4) is 0 Å². The molecule has 1 aliphatic heterocycles. The van der Waals surface area contributed by atoms with E-state index in [1.165, 1.54) is 0 Å². The molecule has 1 saturated heterocycles. The van der Waals surface area contributed by atoms with E-state index in [2.05, 4.69) is 29.5 Å². The minimum atomic E-state index is -0.110. The van der Waals surface area contributed by atoms with Gasteiger partial charge in [0.15, 0.2) is 0 Å². The second-order valence-electron chi connectivity index (χ2n) is 5.99. The Morgan fingerprint density at radius 2 is 2.17 bits per heavy atom. The van der Waals surface area contributed by atoms with Gasteiger partial charge in [0.2, 0.25) is 0 Å². The summed E-state index contributed by atoms with van der Waals surface area (Å²) in [4.78, 5) is 16.6. The van der Waals surface area contributed by atoms with Gasteiger partial charge < -0.3 is 15.4 Å². The van der Waals surface area contributed by atoms with Gasteiger partial charge in [0.25, 0.3) is 5.91 Å². The zero-order valence-electron chi connectivity index (χ0n) is 14.1. The second-order valence-corrected chi connectivity index (χ2v) is 6.38. The van der Waals surface area contributed by atoms with Gasteiger partial charge in [-0.3, -0.25) is 4.79 Å². The van der Waals surface area contributed by atoms with E-state index in [1.54, 1.807) is 19.2 Å². The van der Waals surface area contributed by atoms with Crippen molar-refractivity contribution < 1.29 is 9.53 Å². The van der Waals surface area contributed by atoms with E-state index in [0.29, 0.717) is 29.1 Å². The molecule has 1 amide bonds. The molecule has 0 aromatic carbocycles. The first-order valence-corrected chi connectivity index (χ1v) is 8.72. The number of ether oxygens (including phenoxy) is 1. The maximum Gasteiger partial charge on any atom is 0.251 e. The van der Waals surface area contributed by atoms with Gasteiger partial charge in [-0.1, -0.05) is 38.3 Å². The fourth-order valence-corrected chi connectivity index (χ4v) is 3.34. The van der Waals surface area contributed by atoms with Crippen molar-refractivity contribution in [1.82, 2.24) is 10.3 Å². The summed E-state index contributed by atoms with van der Waals surface area (Å²) >= 11 is 5.97. The van der Waals surface area contributed by atoms with Crippen LogP contribution in [0.4, 0.5) is 5.82 Å². The topological polar surface area (TPSA) is 63.2 Å². The van der Waals surface area contributed by atoms with Crippen LogP contribution >= 0.6 is 11.6 Å². The largest absolute Gasteiger partial charge is 0.378 e. The van der Waals surface area contributed by atoms with Crippen LogP contribution in [0.25, 0.3) is 0 Å². The number of aromatic nitrogens is 1. The smallest absolute Gasteiger partial charge is 0.251 e. The first-order chi connectivity index (χ1) is 11.1. The standard InChI is InChI=1S/C17H26ClN3O2/c1-4-11(5-2)14-10-13(6-7-23-14)20-17(22)12-8-15(18)21-16(9-12)19-3/h8-9,11,13-14H,4-7,10H2,1-3H3,(H,19,21)(H,20,22)/t13-,14+/m0/s1. The number of hydrogen-bond acceptors (Lipinski definition) is 4. The van der Waals surface area contributed by atoms with Crippen LogP contribution in [0.1, 0.15) is 49.9 Å². The second kappa shape index (κ2) is 8.50. The number of carbonyl (C=O) groups excluding carboxylic acids is 1. The molecule has 2 heterocycles. The number of amides is 1. The van der Waals surface area contributed by atoms with Crippen molar-refractivity contribution >= 4 is 23.3 Å². The number of nitrogens with zero attached hydrogens (tertiary/aromatic N) is 1. The third kappa shape index (κ3) is 4.82. The number of nitrogens with one attached hydrogen (secondary N) is 2. The molecular formula is C17H26ClN3O2. The Labute approximate surface area is 143 Å². The molecular weight excluding hydrogens is 314 g/mol. The summed E-state index contributed by atoms with van der Waals surface area (Å²) in [6.45, 7) is 5.08. The molecule has 1 aliphatic rings. The van der Waals surface area contributed by atoms with Crippen LogP contribution in [-0.2, 0) is 4.74 Å². The third-order valence-corrected chi connectivity index (χ3v) is 4.73. The highest BCUT2D eigenvalue weighted by Gasteiger charge is 2.28. The van der Waals surface area contributed by atoms with E-state index in [0.717, 1.165) is 25.7 Å². The van der Waals surface area contributed by atoms with E-state index in [9.17, 15) is 4.79 Å². The molecule has 5 nitrogen and oxygen atoms in total. The average molecular weight is 340 g/mol. The maximum atomic E-state index is 12.5. The van der Waals surface area contributed by atoms with Gasteiger partial charge in [-0.25, -0.2) is 4.98 Å². The quantitative estimate of drug-likeness (QED) is 0.779. The predicted octanol–water partition coefficient (Wildman–Crippen LogP) is 3.49. The molecule has 0 radical (unpaired) electrons. The molecule has 1 aromatic heterocycles. The highest BCUT2D eigenvalue weighted by atomic mass is 35.5. The van der Waals surface area contributed by atoms with Gasteiger partial charge in [0.1, 0.15) is 11.0 Å². The summed E-state index contributed by atoms with van der Waals surface area (Å²) in [5, 5.41) is 6.33. The molecule has 23 heavy (non-hydrogen) atoms. The molecule has 2 rings (SSSR count). The van der Waals surface area contributed by atoms with Gasteiger partial charge in [0, 0.05) is 25.3 Å². The number of hydrogen-bond donors (Lipinski definition) is 2. The van der Waals surface area contributed by atoms with E-state index < -0.39 is 0 Å². The van der Waals surface area contributed by atoms with Crippen LogP contribution in [0, 0.1) is 5.92 Å². The van der Waals surface area contributed by atoms with E-state index in [-0.39, 0.29) is 18.1 Å². The Morgan fingerprint density at radius 3 is 2.83 bits per heavy atom. The molecule has 1 fully saturated rings. The molecule has 128 valence electrons. The van der Waals surface area contributed by atoms with Crippen molar-refractivity contribution in [1.29, 1.82) is 0 Å². The molecule has 6 heteroatoms. The van der Waals surface area contributed by atoms with Gasteiger partial charge >= 0.3 is 0 Å². The zero-order chi connectivity index (χ0) is 16.8. The first kappa shape index (κ1) is 18.0.